The average molecular weight is 444 g/mol. The highest BCUT2D eigenvalue weighted by Crippen LogP contribution is 2.25. The van der Waals surface area contributed by atoms with E-state index in [2.05, 4.69) is 20.0 Å². The SMILES string of the molecule is O=C(CCCN=C1NS(=O)(=O)c2ccccc21)Nc1ccc(-n2ccnc2)c(Cl)c1. The van der Waals surface area contributed by atoms with Crippen LogP contribution in [-0.4, -0.2) is 36.3 Å². The van der Waals surface area contributed by atoms with Gasteiger partial charge in [-0.25, -0.2) is 13.4 Å². The molecule has 1 aliphatic rings. The fourth-order valence-corrected chi connectivity index (χ4v) is 4.63. The first-order valence-electron chi connectivity index (χ1n) is 9.18. The molecule has 0 atom stereocenters. The highest BCUT2D eigenvalue weighted by molar-refractivity contribution is 7.90. The first kappa shape index (κ1) is 20.1. The number of nitrogens with one attached hydrogen (secondary N) is 2. The molecular formula is C20H18ClN5O3S. The Morgan fingerprint density at radius 1 is 1.23 bits per heavy atom. The number of nitrogens with zero attached hydrogens (tertiary/aromatic N) is 3. The van der Waals surface area contributed by atoms with Crippen molar-refractivity contribution in [1.82, 2.24) is 14.3 Å². The number of fused-ring (bicyclic) bond motifs is 1. The van der Waals surface area contributed by atoms with Crippen LogP contribution >= 0.6 is 11.6 Å². The molecule has 154 valence electrons. The van der Waals surface area contributed by atoms with Gasteiger partial charge in [-0.15, -0.1) is 0 Å². The van der Waals surface area contributed by atoms with Crippen LogP contribution in [-0.2, 0) is 14.8 Å². The summed E-state index contributed by atoms with van der Waals surface area (Å²) in [5.41, 5.74) is 1.91. The van der Waals surface area contributed by atoms with E-state index in [1.807, 2.05) is 0 Å². The zero-order chi connectivity index (χ0) is 21.1. The topological polar surface area (TPSA) is 105 Å². The van der Waals surface area contributed by atoms with Gasteiger partial charge >= 0.3 is 0 Å². The standard InChI is InChI=1S/C20H18ClN5O3S/c21-16-12-14(7-8-17(16)26-11-10-22-13-26)24-19(27)6-3-9-23-20-15-4-1-2-5-18(15)30(28,29)25-20/h1-2,4-5,7-8,10-13H,3,6,9H2,(H,23,25)(H,24,27). The Kier molecular flexibility index (Phi) is 5.56. The highest BCUT2D eigenvalue weighted by atomic mass is 35.5. The molecule has 8 nitrogen and oxygen atoms in total. The third kappa shape index (κ3) is 4.22. The highest BCUT2D eigenvalue weighted by Gasteiger charge is 2.29. The van der Waals surface area contributed by atoms with Crippen LogP contribution in [0.5, 0.6) is 0 Å². The lowest BCUT2D eigenvalue weighted by Gasteiger charge is -2.09. The predicted octanol–water partition coefficient (Wildman–Crippen LogP) is 2.98. The number of amidine groups is 1. The molecule has 0 unspecified atom stereocenters. The number of halogens is 1. The van der Waals surface area contributed by atoms with Crippen LogP contribution in [0.1, 0.15) is 18.4 Å². The fraction of sp³-hybridized carbons (Fsp3) is 0.150. The van der Waals surface area contributed by atoms with Crippen LogP contribution in [0.15, 0.2) is 71.1 Å². The molecule has 0 radical (unpaired) electrons. The molecule has 0 bridgehead atoms. The van der Waals surface area contributed by atoms with Crippen molar-refractivity contribution in [1.29, 1.82) is 0 Å². The van der Waals surface area contributed by atoms with Crippen LogP contribution in [0, 0.1) is 0 Å². The first-order chi connectivity index (χ1) is 14.4. The van der Waals surface area contributed by atoms with Gasteiger partial charge in [0.25, 0.3) is 10.0 Å². The van der Waals surface area contributed by atoms with Gasteiger partial charge in [0.05, 0.1) is 21.9 Å². The predicted molar refractivity (Wildman–Crippen MR) is 115 cm³/mol. The Labute approximate surface area is 178 Å². The van der Waals surface area contributed by atoms with Crippen molar-refractivity contribution in [3.8, 4) is 5.69 Å². The van der Waals surface area contributed by atoms with E-state index >= 15 is 0 Å². The van der Waals surface area contributed by atoms with Crippen LogP contribution in [0.2, 0.25) is 5.02 Å². The van der Waals surface area contributed by atoms with Crippen molar-refractivity contribution >= 4 is 39.1 Å². The summed E-state index contributed by atoms with van der Waals surface area (Å²) in [6.07, 6.45) is 5.80. The van der Waals surface area contributed by atoms with E-state index < -0.39 is 10.0 Å². The largest absolute Gasteiger partial charge is 0.326 e. The summed E-state index contributed by atoms with van der Waals surface area (Å²) in [6.45, 7) is 0.319. The lowest BCUT2D eigenvalue weighted by atomic mass is 10.2. The number of aromatic nitrogens is 2. The molecule has 0 saturated carbocycles. The minimum absolute atomic E-state index is 0.172. The molecule has 2 N–H and O–H groups in total. The fourth-order valence-electron chi connectivity index (χ4n) is 3.10. The van der Waals surface area contributed by atoms with Crippen molar-refractivity contribution in [3.05, 3.63) is 71.8 Å². The van der Waals surface area contributed by atoms with Gasteiger partial charge in [-0.05, 0) is 36.8 Å². The number of carbonyl (C=O) groups is 1. The number of rotatable bonds is 6. The molecule has 4 rings (SSSR count). The van der Waals surface area contributed by atoms with E-state index in [4.69, 9.17) is 11.6 Å². The van der Waals surface area contributed by atoms with E-state index in [0.717, 1.165) is 5.69 Å². The van der Waals surface area contributed by atoms with E-state index in [9.17, 15) is 13.2 Å². The van der Waals surface area contributed by atoms with Gasteiger partial charge in [0, 0.05) is 36.6 Å². The normalized spacial score (nSPS) is 15.6. The number of hydrogen-bond donors (Lipinski definition) is 2. The lowest BCUT2D eigenvalue weighted by Crippen LogP contribution is -2.22. The number of aliphatic imine (C=N–C) groups is 1. The maximum atomic E-state index is 12.2. The number of benzene rings is 2. The summed E-state index contributed by atoms with van der Waals surface area (Å²) >= 11 is 6.29. The molecule has 10 heteroatoms. The van der Waals surface area contributed by atoms with Gasteiger partial charge in [-0.3, -0.25) is 14.5 Å². The molecule has 0 spiro atoms. The maximum absolute atomic E-state index is 12.2. The Morgan fingerprint density at radius 2 is 2.07 bits per heavy atom. The van der Waals surface area contributed by atoms with Gasteiger partial charge in [0.15, 0.2) is 0 Å². The Balaban J connectivity index is 1.32. The second-order valence-electron chi connectivity index (χ2n) is 6.62. The summed E-state index contributed by atoms with van der Waals surface area (Å²) < 4.78 is 28.4. The number of imidazole rings is 1. The number of anilines is 1. The molecule has 30 heavy (non-hydrogen) atoms. The van der Waals surface area contributed by atoms with Crippen molar-refractivity contribution in [2.45, 2.75) is 17.7 Å². The van der Waals surface area contributed by atoms with Crippen molar-refractivity contribution in [3.63, 3.8) is 0 Å². The number of carbonyl (C=O) groups excluding carboxylic acids is 1. The molecule has 1 aliphatic heterocycles. The number of sulfonamides is 1. The van der Waals surface area contributed by atoms with E-state index in [0.29, 0.717) is 35.1 Å². The molecule has 1 aromatic heterocycles. The van der Waals surface area contributed by atoms with Gasteiger partial charge in [0.1, 0.15) is 5.84 Å². The van der Waals surface area contributed by atoms with Crippen molar-refractivity contribution in [2.24, 2.45) is 4.99 Å². The van der Waals surface area contributed by atoms with Gasteiger partial charge in [0.2, 0.25) is 5.91 Å². The second-order valence-corrected chi connectivity index (χ2v) is 8.68. The van der Waals surface area contributed by atoms with Crippen molar-refractivity contribution < 1.29 is 13.2 Å². The number of amides is 1. The Morgan fingerprint density at radius 3 is 2.83 bits per heavy atom. The Hall–Kier alpha value is -3.17. The minimum atomic E-state index is -3.55. The van der Waals surface area contributed by atoms with Gasteiger partial charge in [-0.2, -0.15) is 0 Å². The van der Waals surface area contributed by atoms with Crippen LogP contribution in [0.3, 0.4) is 0 Å². The smallest absolute Gasteiger partial charge is 0.263 e. The average Bonchev–Trinajstić information content (AvgIpc) is 3.33. The zero-order valence-corrected chi connectivity index (χ0v) is 17.3. The van der Waals surface area contributed by atoms with Crippen molar-refractivity contribution in [2.75, 3.05) is 11.9 Å². The molecule has 0 saturated heterocycles. The first-order valence-corrected chi connectivity index (χ1v) is 11.0. The maximum Gasteiger partial charge on any atom is 0.263 e. The van der Waals surface area contributed by atoms with E-state index in [1.54, 1.807) is 59.7 Å². The van der Waals surface area contributed by atoms with Crippen LogP contribution < -0.4 is 10.0 Å². The zero-order valence-electron chi connectivity index (χ0n) is 15.7. The molecule has 0 aliphatic carbocycles. The van der Waals surface area contributed by atoms with E-state index in [-0.39, 0.29) is 17.2 Å². The summed E-state index contributed by atoms with van der Waals surface area (Å²) in [7, 11) is -3.55. The van der Waals surface area contributed by atoms with Gasteiger partial charge < -0.3 is 9.88 Å². The quantitative estimate of drug-likeness (QED) is 0.571. The molecular weight excluding hydrogens is 426 g/mol. The molecule has 2 heterocycles. The monoisotopic (exact) mass is 443 g/mol. The molecule has 1 amide bonds. The van der Waals surface area contributed by atoms with Crippen LogP contribution in [0.25, 0.3) is 5.69 Å². The third-order valence-electron chi connectivity index (χ3n) is 4.51. The summed E-state index contributed by atoms with van der Waals surface area (Å²) in [4.78, 5) is 20.7. The molecule has 0 fully saturated rings. The summed E-state index contributed by atoms with van der Waals surface area (Å²) in [5.74, 6) is 0.141. The minimum Gasteiger partial charge on any atom is -0.326 e. The summed E-state index contributed by atoms with van der Waals surface area (Å²) in [6, 6.07) is 11.9. The van der Waals surface area contributed by atoms with E-state index in [1.165, 1.54) is 6.07 Å². The lowest BCUT2D eigenvalue weighted by molar-refractivity contribution is -0.116. The Bertz CT molecular complexity index is 1220. The van der Waals surface area contributed by atoms with Crippen LogP contribution in [0.4, 0.5) is 5.69 Å². The second kappa shape index (κ2) is 8.29. The third-order valence-corrected chi connectivity index (χ3v) is 6.21. The van der Waals surface area contributed by atoms with Gasteiger partial charge in [-0.1, -0.05) is 23.7 Å². The molecule has 3 aromatic rings. The number of hydrogen-bond acceptors (Lipinski definition) is 5. The molecule has 2 aromatic carbocycles. The summed E-state index contributed by atoms with van der Waals surface area (Å²) in [5, 5.41) is 3.29.